The molecule has 0 N–H and O–H groups in total. The van der Waals surface area contributed by atoms with E-state index in [-0.39, 0.29) is 12.1 Å². The van der Waals surface area contributed by atoms with Crippen molar-refractivity contribution in [2.45, 2.75) is 45.6 Å². The molecule has 1 fully saturated rings. The summed E-state index contributed by atoms with van der Waals surface area (Å²) < 4.78 is 5.53. The van der Waals surface area contributed by atoms with Crippen molar-refractivity contribution in [2.75, 3.05) is 0 Å². The standard InChI is InChI=1S/C15H20O2/c1-11-3-7-13(8-4-11)15(16)17-14-9-5-12(2)6-10-14/h3-4,7-8,12,14H,5-6,9-10H2,1-2H3. The molecule has 2 nitrogen and oxygen atoms in total. The SMILES string of the molecule is Cc1ccc(C(=O)OC2CCC(C)CC2)cc1. The van der Waals surface area contributed by atoms with Crippen LogP contribution in [0.1, 0.15) is 48.5 Å². The Balaban J connectivity index is 1.91. The predicted octanol–water partition coefficient (Wildman–Crippen LogP) is 3.73. The van der Waals surface area contributed by atoms with Gasteiger partial charge in [-0.15, -0.1) is 0 Å². The first kappa shape index (κ1) is 12.2. The van der Waals surface area contributed by atoms with Crippen LogP contribution in [-0.4, -0.2) is 12.1 Å². The predicted molar refractivity (Wildman–Crippen MR) is 68.0 cm³/mol. The van der Waals surface area contributed by atoms with Crippen molar-refractivity contribution < 1.29 is 9.53 Å². The molecular weight excluding hydrogens is 212 g/mol. The van der Waals surface area contributed by atoms with Crippen LogP contribution in [0, 0.1) is 12.8 Å². The second kappa shape index (κ2) is 5.35. The van der Waals surface area contributed by atoms with Crippen molar-refractivity contribution in [1.82, 2.24) is 0 Å². The molecule has 0 amide bonds. The Hall–Kier alpha value is -1.31. The Kier molecular flexibility index (Phi) is 3.82. The molecule has 2 heteroatoms. The monoisotopic (exact) mass is 232 g/mol. The number of rotatable bonds is 2. The highest BCUT2D eigenvalue weighted by atomic mass is 16.5. The fraction of sp³-hybridized carbons (Fsp3) is 0.533. The van der Waals surface area contributed by atoms with Crippen LogP contribution in [0.5, 0.6) is 0 Å². The largest absolute Gasteiger partial charge is 0.459 e. The number of benzene rings is 1. The van der Waals surface area contributed by atoms with Crippen LogP contribution in [0.25, 0.3) is 0 Å². The van der Waals surface area contributed by atoms with Gasteiger partial charge in [-0.2, -0.15) is 0 Å². The molecule has 1 aromatic rings. The van der Waals surface area contributed by atoms with Gasteiger partial charge in [-0.25, -0.2) is 4.79 Å². The Morgan fingerprint density at radius 1 is 1.12 bits per heavy atom. The molecule has 0 spiro atoms. The smallest absolute Gasteiger partial charge is 0.338 e. The van der Waals surface area contributed by atoms with E-state index < -0.39 is 0 Å². The maximum atomic E-state index is 11.9. The summed E-state index contributed by atoms with van der Waals surface area (Å²) in [5.74, 6) is 0.605. The Morgan fingerprint density at radius 3 is 2.29 bits per heavy atom. The second-order valence-corrected chi connectivity index (χ2v) is 5.15. The third-order valence-electron chi connectivity index (χ3n) is 3.52. The minimum absolute atomic E-state index is 0.125. The number of carbonyl (C=O) groups excluding carboxylic acids is 1. The first-order chi connectivity index (χ1) is 8.15. The van der Waals surface area contributed by atoms with E-state index in [1.807, 2.05) is 31.2 Å². The molecule has 0 saturated heterocycles. The first-order valence-electron chi connectivity index (χ1n) is 6.43. The highest BCUT2D eigenvalue weighted by Gasteiger charge is 2.21. The van der Waals surface area contributed by atoms with E-state index in [2.05, 4.69) is 6.92 Å². The summed E-state index contributed by atoms with van der Waals surface area (Å²) in [6.07, 6.45) is 4.50. The average Bonchev–Trinajstić information content (AvgIpc) is 2.33. The summed E-state index contributed by atoms with van der Waals surface area (Å²) in [6.45, 7) is 4.27. The number of aryl methyl sites for hydroxylation is 1. The van der Waals surface area contributed by atoms with E-state index in [0.717, 1.165) is 24.3 Å². The van der Waals surface area contributed by atoms with Crippen molar-refractivity contribution in [1.29, 1.82) is 0 Å². The lowest BCUT2D eigenvalue weighted by Crippen LogP contribution is -2.23. The lowest BCUT2D eigenvalue weighted by atomic mass is 9.89. The quantitative estimate of drug-likeness (QED) is 0.726. The van der Waals surface area contributed by atoms with Crippen LogP contribution < -0.4 is 0 Å². The molecule has 17 heavy (non-hydrogen) atoms. The lowest BCUT2D eigenvalue weighted by Gasteiger charge is -2.25. The van der Waals surface area contributed by atoms with Crippen LogP contribution >= 0.6 is 0 Å². The number of ether oxygens (including phenoxy) is 1. The second-order valence-electron chi connectivity index (χ2n) is 5.15. The van der Waals surface area contributed by atoms with Crippen LogP contribution in [0.4, 0.5) is 0 Å². The van der Waals surface area contributed by atoms with Gasteiger partial charge in [-0.3, -0.25) is 0 Å². The van der Waals surface area contributed by atoms with Crippen LogP contribution in [0.15, 0.2) is 24.3 Å². The number of hydrogen-bond acceptors (Lipinski definition) is 2. The number of hydrogen-bond donors (Lipinski definition) is 0. The third-order valence-corrected chi connectivity index (χ3v) is 3.52. The van der Waals surface area contributed by atoms with Gasteiger partial charge in [0.2, 0.25) is 0 Å². The number of esters is 1. The van der Waals surface area contributed by atoms with Gasteiger partial charge in [-0.1, -0.05) is 24.6 Å². The van der Waals surface area contributed by atoms with Crippen LogP contribution in [0.3, 0.4) is 0 Å². The molecule has 1 saturated carbocycles. The molecule has 1 aliphatic carbocycles. The van der Waals surface area contributed by atoms with Crippen LogP contribution in [-0.2, 0) is 4.74 Å². The number of carbonyl (C=O) groups is 1. The molecule has 0 aliphatic heterocycles. The maximum absolute atomic E-state index is 11.9. The minimum atomic E-state index is -0.176. The van der Waals surface area contributed by atoms with Crippen molar-refractivity contribution in [2.24, 2.45) is 5.92 Å². The molecule has 0 heterocycles. The first-order valence-corrected chi connectivity index (χ1v) is 6.43. The lowest BCUT2D eigenvalue weighted by molar-refractivity contribution is 0.0174. The molecular formula is C15H20O2. The Labute approximate surface area is 103 Å². The average molecular weight is 232 g/mol. The van der Waals surface area contributed by atoms with Crippen molar-refractivity contribution in [3.05, 3.63) is 35.4 Å². The van der Waals surface area contributed by atoms with Gasteiger partial charge in [0.1, 0.15) is 6.10 Å². The van der Waals surface area contributed by atoms with E-state index in [1.165, 1.54) is 12.8 Å². The van der Waals surface area contributed by atoms with E-state index in [1.54, 1.807) is 0 Å². The van der Waals surface area contributed by atoms with Gasteiger partial charge >= 0.3 is 5.97 Å². The summed E-state index contributed by atoms with van der Waals surface area (Å²) in [5, 5.41) is 0. The molecule has 0 aromatic heterocycles. The minimum Gasteiger partial charge on any atom is -0.459 e. The highest BCUT2D eigenvalue weighted by Crippen LogP contribution is 2.26. The highest BCUT2D eigenvalue weighted by molar-refractivity contribution is 5.89. The maximum Gasteiger partial charge on any atom is 0.338 e. The van der Waals surface area contributed by atoms with Gasteiger partial charge in [0.25, 0.3) is 0 Å². The Bertz CT molecular complexity index is 372. The van der Waals surface area contributed by atoms with Gasteiger partial charge in [-0.05, 0) is 50.7 Å². The summed E-state index contributed by atoms with van der Waals surface area (Å²) in [4.78, 5) is 11.9. The molecule has 0 bridgehead atoms. The Morgan fingerprint density at radius 2 is 1.71 bits per heavy atom. The topological polar surface area (TPSA) is 26.3 Å². The molecule has 92 valence electrons. The van der Waals surface area contributed by atoms with Crippen molar-refractivity contribution >= 4 is 5.97 Å². The molecule has 1 aliphatic rings. The van der Waals surface area contributed by atoms with Crippen molar-refractivity contribution in [3.8, 4) is 0 Å². The van der Waals surface area contributed by atoms with E-state index >= 15 is 0 Å². The van der Waals surface area contributed by atoms with Crippen LogP contribution in [0.2, 0.25) is 0 Å². The third kappa shape index (κ3) is 3.32. The van der Waals surface area contributed by atoms with Gasteiger partial charge in [0.05, 0.1) is 5.56 Å². The molecule has 1 aromatic carbocycles. The van der Waals surface area contributed by atoms with Gasteiger partial charge in [0, 0.05) is 0 Å². The van der Waals surface area contributed by atoms with Crippen molar-refractivity contribution in [3.63, 3.8) is 0 Å². The zero-order chi connectivity index (χ0) is 12.3. The van der Waals surface area contributed by atoms with E-state index in [9.17, 15) is 4.79 Å². The van der Waals surface area contributed by atoms with E-state index in [0.29, 0.717) is 5.56 Å². The summed E-state index contributed by atoms with van der Waals surface area (Å²) in [6, 6.07) is 7.56. The summed E-state index contributed by atoms with van der Waals surface area (Å²) >= 11 is 0. The fourth-order valence-corrected chi connectivity index (χ4v) is 2.26. The molecule has 0 radical (unpaired) electrons. The van der Waals surface area contributed by atoms with E-state index in [4.69, 9.17) is 4.74 Å². The fourth-order valence-electron chi connectivity index (χ4n) is 2.26. The van der Waals surface area contributed by atoms with Gasteiger partial charge in [0.15, 0.2) is 0 Å². The van der Waals surface area contributed by atoms with Gasteiger partial charge < -0.3 is 4.74 Å². The molecule has 2 rings (SSSR count). The zero-order valence-electron chi connectivity index (χ0n) is 10.6. The zero-order valence-corrected chi connectivity index (χ0v) is 10.6. The summed E-state index contributed by atoms with van der Waals surface area (Å²) in [5.41, 5.74) is 1.82. The normalized spacial score (nSPS) is 24.4. The molecule has 0 unspecified atom stereocenters. The summed E-state index contributed by atoms with van der Waals surface area (Å²) in [7, 11) is 0. The molecule has 0 atom stereocenters.